The zero-order valence-electron chi connectivity index (χ0n) is 8.90. The standard InChI is InChI=1S/C11H7BrF3NO2/c12-3-9(17)5-1-6-7(4-16-10(6)18)8(2-5)11(13,14)15/h1-2H,3-4H2,(H,16,18). The number of halogens is 4. The third-order valence-corrected chi connectivity index (χ3v) is 3.18. The van der Waals surface area contributed by atoms with Crippen LogP contribution in [0.25, 0.3) is 0 Å². The highest BCUT2D eigenvalue weighted by Gasteiger charge is 2.38. The van der Waals surface area contributed by atoms with Crippen LogP contribution in [0.1, 0.15) is 31.8 Å². The molecule has 2 rings (SSSR count). The molecule has 96 valence electrons. The fraction of sp³-hybridized carbons (Fsp3) is 0.273. The number of hydrogen-bond acceptors (Lipinski definition) is 2. The molecule has 1 N–H and O–H groups in total. The van der Waals surface area contributed by atoms with Gasteiger partial charge < -0.3 is 5.32 Å². The average Bonchev–Trinajstić information content (AvgIpc) is 2.68. The van der Waals surface area contributed by atoms with Crippen LogP contribution in [-0.4, -0.2) is 17.0 Å². The number of hydrogen-bond donors (Lipinski definition) is 1. The summed E-state index contributed by atoms with van der Waals surface area (Å²) in [5.74, 6) is -1.08. The fourth-order valence-corrected chi connectivity index (χ4v) is 2.14. The Balaban J connectivity index is 2.66. The first-order valence-corrected chi connectivity index (χ1v) is 6.08. The van der Waals surface area contributed by atoms with E-state index < -0.39 is 23.4 Å². The van der Waals surface area contributed by atoms with Crippen LogP contribution >= 0.6 is 15.9 Å². The van der Waals surface area contributed by atoms with Crippen molar-refractivity contribution in [3.63, 3.8) is 0 Å². The lowest BCUT2D eigenvalue weighted by atomic mass is 9.97. The molecule has 1 aromatic rings. The van der Waals surface area contributed by atoms with E-state index in [9.17, 15) is 22.8 Å². The van der Waals surface area contributed by atoms with E-state index in [1.54, 1.807) is 0 Å². The average molecular weight is 322 g/mol. The van der Waals surface area contributed by atoms with E-state index in [4.69, 9.17) is 0 Å². The Hall–Kier alpha value is -1.37. The topological polar surface area (TPSA) is 46.2 Å². The van der Waals surface area contributed by atoms with Crippen molar-refractivity contribution < 1.29 is 22.8 Å². The third-order valence-electron chi connectivity index (χ3n) is 2.67. The van der Waals surface area contributed by atoms with Gasteiger partial charge in [0.25, 0.3) is 5.91 Å². The Morgan fingerprint density at radius 3 is 2.61 bits per heavy atom. The van der Waals surface area contributed by atoms with Gasteiger partial charge in [-0.25, -0.2) is 0 Å². The number of carbonyl (C=O) groups is 2. The number of rotatable bonds is 2. The lowest BCUT2D eigenvalue weighted by Gasteiger charge is -2.12. The monoisotopic (exact) mass is 321 g/mol. The van der Waals surface area contributed by atoms with Crippen molar-refractivity contribution in [1.29, 1.82) is 0 Å². The molecule has 7 heteroatoms. The third kappa shape index (κ3) is 2.14. The summed E-state index contributed by atoms with van der Waals surface area (Å²) in [6, 6.07) is 2.00. The zero-order valence-corrected chi connectivity index (χ0v) is 10.5. The predicted molar refractivity (Wildman–Crippen MR) is 60.7 cm³/mol. The molecular weight excluding hydrogens is 315 g/mol. The molecule has 0 atom stereocenters. The highest BCUT2D eigenvalue weighted by Crippen LogP contribution is 2.36. The van der Waals surface area contributed by atoms with Crippen molar-refractivity contribution in [3.8, 4) is 0 Å². The van der Waals surface area contributed by atoms with Crippen LogP contribution < -0.4 is 5.32 Å². The Bertz CT molecular complexity index is 540. The molecule has 1 aliphatic rings. The van der Waals surface area contributed by atoms with Crippen LogP contribution in [0.4, 0.5) is 13.2 Å². The Morgan fingerprint density at radius 1 is 1.39 bits per heavy atom. The van der Waals surface area contributed by atoms with Crippen molar-refractivity contribution in [2.24, 2.45) is 0 Å². The van der Waals surface area contributed by atoms with Gasteiger partial charge in [0.2, 0.25) is 0 Å². The molecule has 0 aliphatic carbocycles. The molecule has 1 amide bonds. The van der Waals surface area contributed by atoms with Crippen LogP contribution in [0, 0.1) is 0 Å². The van der Waals surface area contributed by atoms with Crippen molar-refractivity contribution >= 4 is 27.6 Å². The molecule has 0 aromatic heterocycles. The minimum atomic E-state index is -4.58. The summed E-state index contributed by atoms with van der Waals surface area (Å²) in [6.45, 7) is -0.161. The largest absolute Gasteiger partial charge is 0.416 e. The Morgan fingerprint density at radius 2 is 2.06 bits per heavy atom. The number of carbonyl (C=O) groups excluding carboxylic acids is 2. The highest BCUT2D eigenvalue weighted by molar-refractivity contribution is 9.09. The molecule has 0 radical (unpaired) electrons. The quantitative estimate of drug-likeness (QED) is 0.672. The summed E-state index contributed by atoms with van der Waals surface area (Å²) in [5, 5.41) is 2.23. The van der Waals surface area contributed by atoms with Gasteiger partial charge in [0.1, 0.15) is 0 Å². The smallest absolute Gasteiger partial charge is 0.348 e. The van der Waals surface area contributed by atoms with Crippen molar-refractivity contribution in [3.05, 3.63) is 34.4 Å². The molecule has 0 unspecified atom stereocenters. The lowest BCUT2D eigenvalue weighted by molar-refractivity contribution is -0.138. The molecule has 0 bridgehead atoms. The second-order valence-electron chi connectivity index (χ2n) is 3.79. The van der Waals surface area contributed by atoms with Crippen molar-refractivity contribution in [2.45, 2.75) is 12.7 Å². The molecule has 3 nitrogen and oxygen atoms in total. The summed E-state index contributed by atoms with van der Waals surface area (Å²) in [4.78, 5) is 22.9. The van der Waals surface area contributed by atoms with Crippen LogP contribution in [0.5, 0.6) is 0 Å². The fourth-order valence-electron chi connectivity index (χ4n) is 1.82. The Kier molecular flexibility index (Phi) is 3.18. The number of nitrogens with one attached hydrogen (secondary N) is 1. The first kappa shape index (κ1) is 13.1. The van der Waals surface area contributed by atoms with Gasteiger partial charge >= 0.3 is 6.18 Å². The molecule has 18 heavy (non-hydrogen) atoms. The minimum absolute atomic E-state index is 0.0749. The molecule has 1 heterocycles. The van der Waals surface area contributed by atoms with Gasteiger partial charge in [0, 0.05) is 17.7 Å². The second-order valence-corrected chi connectivity index (χ2v) is 4.35. The van der Waals surface area contributed by atoms with E-state index >= 15 is 0 Å². The second kappa shape index (κ2) is 4.38. The minimum Gasteiger partial charge on any atom is -0.348 e. The van der Waals surface area contributed by atoms with Crippen molar-refractivity contribution in [2.75, 3.05) is 5.33 Å². The van der Waals surface area contributed by atoms with E-state index in [0.29, 0.717) is 0 Å². The maximum absolute atomic E-state index is 12.9. The van der Waals surface area contributed by atoms with E-state index in [1.807, 2.05) is 0 Å². The SMILES string of the molecule is O=C(CBr)c1cc2c(c(C(F)(F)F)c1)CNC2=O. The molecule has 0 saturated heterocycles. The summed E-state index contributed by atoms with van der Waals surface area (Å²) >= 11 is 2.89. The number of fused-ring (bicyclic) bond motifs is 1. The number of alkyl halides is 4. The number of ketones is 1. The summed E-state index contributed by atoms with van der Waals surface area (Å²) < 4.78 is 38.6. The van der Waals surface area contributed by atoms with Gasteiger partial charge in [-0.15, -0.1) is 0 Å². The van der Waals surface area contributed by atoms with E-state index in [1.165, 1.54) is 6.07 Å². The molecule has 1 aromatic carbocycles. The molecule has 0 spiro atoms. The maximum atomic E-state index is 12.9. The summed E-state index contributed by atoms with van der Waals surface area (Å²) in [7, 11) is 0. The van der Waals surface area contributed by atoms with Crippen LogP contribution in [0.3, 0.4) is 0 Å². The van der Waals surface area contributed by atoms with Gasteiger partial charge in [-0.3, -0.25) is 9.59 Å². The number of Topliss-reactive ketones (excluding diaryl/α,β-unsaturated/α-hetero) is 1. The van der Waals surface area contributed by atoms with Crippen LogP contribution in [0.15, 0.2) is 12.1 Å². The first-order chi connectivity index (χ1) is 8.34. The number of benzene rings is 1. The van der Waals surface area contributed by atoms with Gasteiger partial charge in [-0.2, -0.15) is 13.2 Å². The number of amides is 1. The normalized spacial score (nSPS) is 14.3. The molecule has 0 saturated carbocycles. The Labute approximate surface area is 108 Å². The predicted octanol–water partition coefficient (Wildman–Crippen LogP) is 2.53. The van der Waals surface area contributed by atoms with Gasteiger partial charge in [-0.05, 0) is 17.7 Å². The summed E-state index contributed by atoms with van der Waals surface area (Å²) in [6.07, 6.45) is -4.58. The van der Waals surface area contributed by atoms with Crippen LogP contribution in [-0.2, 0) is 12.7 Å². The molecule has 1 aliphatic heterocycles. The van der Waals surface area contributed by atoms with Gasteiger partial charge in [0.15, 0.2) is 5.78 Å². The molecular formula is C11H7BrF3NO2. The van der Waals surface area contributed by atoms with E-state index in [2.05, 4.69) is 21.2 Å². The van der Waals surface area contributed by atoms with E-state index in [-0.39, 0.29) is 28.6 Å². The molecule has 0 fully saturated rings. The van der Waals surface area contributed by atoms with Crippen LogP contribution in [0.2, 0.25) is 0 Å². The summed E-state index contributed by atoms with van der Waals surface area (Å²) in [5.41, 5.74) is -1.22. The van der Waals surface area contributed by atoms with E-state index in [0.717, 1.165) is 6.07 Å². The van der Waals surface area contributed by atoms with Gasteiger partial charge in [-0.1, -0.05) is 15.9 Å². The zero-order chi connectivity index (χ0) is 13.5. The highest BCUT2D eigenvalue weighted by atomic mass is 79.9. The van der Waals surface area contributed by atoms with Crippen molar-refractivity contribution in [1.82, 2.24) is 5.32 Å². The lowest BCUT2D eigenvalue weighted by Crippen LogP contribution is -2.13. The maximum Gasteiger partial charge on any atom is 0.416 e. The van der Waals surface area contributed by atoms with Gasteiger partial charge in [0.05, 0.1) is 10.9 Å². The first-order valence-electron chi connectivity index (χ1n) is 4.96.